The summed E-state index contributed by atoms with van der Waals surface area (Å²) in [7, 11) is 0. The van der Waals surface area contributed by atoms with Crippen molar-refractivity contribution in [1.29, 1.82) is 0 Å². The van der Waals surface area contributed by atoms with Crippen molar-refractivity contribution in [2.75, 3.05) is 0 Å². The van der Waals surface area contributed by atoms with Crippen LogP contribution in [0.25, 0.3) is 17.1 Å². The Morgan fingerprint density at radius 1 is 1.38 bits per heavy atom. The van der Waals surface area contributed by atoms with E-state index in [2.05, 4.69) is 28.7 Å². The summed E-state index contributed by atoms with van der Waals surface area (Å²) in [6.07, 6.45) is 3.57. The van der Waals surface area contributed by atoms with Crippen LogP contribution in [0, 0.1) is 5.92 Å². The number of rotatable bonds is 3. The first-order chi connectivity index (χ1) is 10.0. The molecule has 6 heteroatoms. The number of hydrogen-bond acceptors (Lipinski definition) is 4. The number of thioether (sulfide) groups is 1. The molecule has 1 fully saturated rings. The molecule has 1 aromatic carbocycles. The summed E-state index contributed by atoms with van der Waals surface area (Å²) in [6, 6.07) is 5.82. The Balaban J connectivity index is 1.98. The molecule has 0 aliphatic carbocycles. The van der Waals surface area contributed by atoms with Gasteiger partial charge in [-0.3, -0.25) is 14.9 Å². The number of carbonyl (C=O) groups excluding carboxylic acids is 2. The highest BCUT2D eigenvalue weighted by Gasteiger charge is 2.24. The predicted molar refractivity (Wildman–Crippen MR) is 83.7 cm³/mol. The summed E-state index contributed by atoms with van der Waals surface area (Å²) in [5.41, 5.74) is 2.85. The average molecular weight is 301 g/mol. The molecule has 108 valence electrons. The van der Waals surface area contributed by atoms with Crippen LogP contribution in [-0.2, 0) is 11.3 Å². The number of nitrogens with zero attached hydrogens (tertiary/aromatic N) is 2. The van der Waals surface area contributed by atoms with Crippen molar-refractivity contribution in [3.8, 4) is 0 Å². The number of amides is 2. The zero-order valence-electron chi connectivity index (χ0n) is 11.8. The normalized spacial score (nSPS) is 17.2. The van der Waals surface area contributed by atoms with Gasteiger partial charge in [-0.2, -0.15) is 0 Å². The van der Waals surface area contributed by atoms with Crippen LogP contribution in [0.5, 0.6) is 0 Å². The standard InChI is InChI=1S/C15H15N3O2S/c1-9(2)7-18-8-16-11-4-3-10(5-12(11)18)6-13-14(19)17-15(20)21-13/h3-6,8-9H,7H2,1-2H3,(H,17,19,20)/b13-6+. The first-order valence-corrected chi connectivity index (χ1v) is 7.54. The largest absolute Gasteiger partial charge is 0.330 e. The number of nitrogens with one attached hydrogen (secondary N) is 1. The molecular formula is C15H15N3O2S. The summed E-state index contributed by atoms with van der Waals surface area (Å²) >= 11 is 0.930. The van der Waals surface area contributed by atoms with Gasteiger partial charge in [-0.25, -0.2) is 4.98 Å². The minimum absolute atomic E-state index is 0.322. The van der Waals surface area contributed by atoms with Crippen molar-refractivity contribution in [3.63, 3.8) is 0 Å². The van der Waals surface area contributed by atoms with Gasteiger partial charge in [0.25, 0.3) is 11.1 Å². The molecule has 0 radical (unpaired) electrons. The molecule has 2 amide bonds. The van der Waals surface area contributed by atoms with Crippen molar-refractivity contribution in [1.82, 2.24) is 14.9 Å². The van der Waals surface area contributed by atoms with Gasteiger partial charge in [0.05, 0.1) is 22.3 Å². The third kappa shape index (κ3) is 2.85. The zero-order chi connectivity index (χ0) is 15.0. The van der Waals surface area contributed by atoms with Gasteiger partial charge in [0.1, 0.15) is 0 Å². The van der Waals surface area contributed by atoms with Crippen LogP contribution in [0.3, 0.4) is 0 Å². The molecule has 0 spiro atoms. The third-order valence-electron chi connectivity index (χ3n) is 3.15. The van der Waals surface area contributed by atoms with Crippen LogP contribution in [0.2, 0.25) is 0 Å². The van der Waals surface area contributed by atoms with E-state index < -0.39 is 0 Å². The quantitative estimate of drug-likeness (QED) is 0.885. The fourth-order valence-corrected chi connectivity index (χ4v) is 2.96. The number of imidazole rings is 1. The maximum Gasteiger partial charge on any atom is 0.290 e. The van der Waals surface area contributed by atoms with Crippen LogP contribution >= 0.6 is 11.8 Å². The minimum Gasteiger partial charge on any atom is -0.330 e. The molecule has 0 saturated carbocycles. The van der Waals surface area contributed by atoms with Gasteiger partial charge in [-0.15, -0.1) is 0 Å². The van der Waals surface area contributed by atoms with Gasteiger partial charge in [0.2, 0.25) is 0 Å². The Morgan fingerprint density at radius 2 is 2.19 bits per heavy atom. The lowest BCUT2D eigenvalue weighted by Crippen LogP contribution is -2.17. The summed E-state index contributed by atoms with van der Waals surface area (Å²) in [4.78, 5) is 27.6. The minimum atomic E-state index is -0.333. The number of hydrogen-bond donors (Lipinski definition) is 1. The Bertz CT molecular complexity index is 761. The van der Waals surface area contributed by atoms with Crippen LogP contribution in [0.15, 0.2) is 29.4 Å². The van der Waals surface area contributed by atoms with E-state index in [-0.39, 0.29) is 11.1 Å². The van der Waals surface area contributed by atoms with Gasteiger partial charge in [-0.05, 0) is 41.5 Å². The van der Waals surface area contributed by atoms with E-state index in [1.54, 1.807) is 6.08 Å². The predicted octanol–water partition coefficient (Wildman–Crippen LogP) is 3.02. The summed E-state index contributed by atoms with van der Waals surface area (Å²) in [5, 5.41) is 1.93. The van der Waals surface area contributed by atoms with Gasteiger partial charge < -0.3 is 4.57 Å². The molecule has 1 aliphatic heterocycles. The second-order valence-corrected chi connectivity index (χ2v) is 6.41. The lowest BCUT2D eigenvalue weighted by molar-refractivity contribution is -0.115. The van der Waals surface area contributed by atoms with Gasteiger partial charge >= 0.3 is 0 Å². The molecule has 1 aliphatic rings. The molecule has 2 aromatic rings. The second kappa shape index (κ2) is 5.37. The molecule has 3 rings (SSSR count). The maximum atomic E-state index is 11.6. The van der Waals surface area contributed by atoms with E-state index in [1.807, 2.05) is 24.5 Å². The topological polar surface area (TPSA) is 64.0 Å². The monoisotopic (exact) mass is 301 g/mol. The maximum absolute atomic E-state index is 11.6. The number of aromatic nitrogens is 2. The van der Waals surface area contributed by atoms with E-state index in [0.717, 1.165) is 34.9 Å². The Kier molecular flexibility index (Phi) is 3.55. The molecule has 0 bridgehead atoms. The van der Waals surface area contributed by atoms with Crippen molar-refractivity contribution in [2.45, 2.75) is 20.4 Å². The number of imide groups is 1. The molecule has 0 unspecified atom stereocenters. The highest BCUT2D eigenvalue weighted by atomic mass is 32.2. The lowest BCUT2D eigenvalue weighted by atomic mass is 10.1. The van der Waals surface area contributed by atoms with Crippen LogP contribution < -0.4 is 5.32 Å². The van der Waals surface area contributed by atoms with E-state index in [9.17, 15) is 9.59 Å². The van der Waals surface area contributed by atoms with Crippen molar-refractivity contribution in [3.05, 3.63) is 35.0 Å². The third-order valence-corrected chi connectivity index (χ3v) is 3.96. The summed E-state index contributed by atoms with van der Waals surface area (Å²) in [5.74, 6) is 0.194. The fourth-order valence-electron chi connectivity index (χ4n) is 2.27. The molecule has 5 nitrogen and oxygen atoms in total. The van der Waals surface area contributed by atoms with Gasteiger partial charge in [0, 0.05) is 6.54 Å². The molecule has 1 saturated heterocycles. The lowest BCUT2D eigenvalue weighted by Gasteiger charge is -2.07. The van der Waals surface area contributed by atoms with Crippen LogP contribution in [-0.4, -0.2) is 20.7 Å². The highest BCUT2D eigenvalue weighted by molar-refractivity contribution is 8.18. The first-order valence-electron chi connectivity index (χ1n) is 6.72. The van der Waals surface area contributed by atoms with Crippen molar-refractivity contribution < 1.29 is 9.59 Å². The smallest absolute Gasteiger partial charge is 0.290 e. The van der Waals surface area contributed by atoms with Crippen molar-refractivity contribution in [2.24, 2.45) is 5.92 Å². The molecular weight excluding hydrogens is 286 g/mol. The number of fused-ring (bicyclic) bond motifs is 1. The highest BCUT2D eigenvalue weighted by Crippen LogP contribution is 2.26. The second-order valence-electron chi connectivity index (χ2n) is 5.39. The first kappa shape index (κ1) is 13.9. The van der Waals surface area contributed by atoms with Crippen LogP contribution in [0.4, 0.5) is 4.79 Å². The Hall–Kier alpha value is -2.08. The molecule has 2 heterocycles. The molecule has 21 heavy (non-hydrogen) atoms. The SMILES string of the molecule is CC(C)Cn1cnc2ccc(/C=C3/SC(=O)NC3=O)cc21. The van der Waals surface area contributed by atoms with E-state index in [1.165, 1.54) is 0 Å². The molecule has 1 N–H and O–H groups in total. The van der Waals surface area contributed by atoms with E-state index >= 15 is 0 Å². The number of benzene rings is 1. The average Bonchev–Trinajstić information content (AvgIpc) is 2.93. The zero-order valence-corrected chi connectivity index (χ0v) is 12.6. The summed E-state index contributed by atoms with van der Waals surface area (Å²) in [6.45, 7) is 5.20. The molecule has 1 aromatic heterocycles. The molecule has 0 atom stereocenters. The number of carbonyl (C=O) groups is 2. The van der Waals surface area contributed by atoms with Crippen molar-refractivity contribution >= 4 is 40.0 Å². The Labute approximate surface area is 126 Å². The van der Waals surface area contributed by atoms with Gasteiger partial charge in [-0.1, -0.05) is 19.9 Å². The fraction of sp³-hybridized carbons (Fsp3) is 0.267. The van der Waals surface area contributed by atoms with E-state index in [0.29, 0.717) is 10.8 Å². The Morgan fingerprint density at radius 3 is 2.86 bits per heavy atom. The van der Waals surface area contributed by atoms with Crippen LogP contribution in [0.1, 0.15) is 19.4 Å². The van der Waals surface area contributed by atoms with E-state index in [4.69, 9.17) is 0 Å². The van der Waals surface area contributed by atoms with Gasteiger partial charge in [0.15, 0.2) is 0 Å². The summed E-state index contributed by atoms with van der Waals surface area (Å²) < 4.78 is 2.11.